The molecule has 0 fully saturated rings. The molecule has 1 atom stereocenters. The van der Waals surface area contributed by atoms with Gasteiger partial charge >= 0.3 is 0 Å². The predicted molar refractivity (Wildman–Crippen MR) is 43.1 cm³/mol. The van der Waals surface area contributed by atoms with E-state index in [-0.39, 0.29) is 6.61 Å². The lowest BCUT2D eigenvalue weighted by Crippen LogP contribution is -2.37. The summed E-state index contributed by atoms with van der Waals surface area (Å²) in [5, 5.41) is 11.6. The first kappa shape index (κ1) is 9.88. The van der Waals surface area contributed by atoms with Gasteiger partial charge in [-0.2, -0.15) is 0 Å². The Morgan fingerprint density at radius 3 is 2.50 bits per heavy atom. The first-order valence-corrected chi connectivity index (χ1v) is 3.65. The van der Waals surface area contributed by atoms with E-state index in [9.17, 15) is 0 Å². The van der Waals surface area contributed by atoms with Crippen LogP contribution in [0.15, 0.2) is 0 Å². The van der Waals surface area contributed by atoms with Gasteiger partial charge in [0.25, 0.3) is 0 Å². The van der Waals surface area contributed by atoms with Crippen molar-refractivity contribution in [2.24, 2.45) is 0 Å². The van der Waals surface area contributed by atoms with Crippen molar-refractivity contribution < 1.29 is 5.11 Å². The van der Waals surface area contributed by atoms with E-state index in [4.69, 9.17) is 5.11 Å². The van der Waals surface area contributed by atoms with E-state index in [2.05, 4.69) is 17.1 Å². The normalized spacial score (nSPS) is 14.1. The fourth-order valence-electron chi connectivity index (χ4n) is 0.923. The van der Waals surface area contributed by atoms with Gasteiger partial charge in [-0.25, -0.2) is 0 Å². The molecule has 0 heterocycles. The zero-order chi connectivity index (χ0) is 7.98. The number of aliphatic hydroxyl groups excluding tert-OH is 1. The summed E-state index contributed by atoms with van der Waals surface area (Å²) in [6, 6.07) is 0.460. The van der Waals surface area contributed by atoms with Crippen LogP contribution in [0.4, 0.5) is 0 Å². The predicted octanol–water partition coefficient (Wildman–Crippen LogP) is -0.482. The highest BCUT2D eigenvalue weighted by atomic mass is 16.3. The highest BCUT2D eigenvalue weighted by Gasteiger charge is 1.99. The summed E-state index contributed by atoms with van der Waals surface area (Å²) in [5.41, 5.74) is 0. The maximum atomic E-state index is 8.47. The topological polar surface area (TPSA) is 35.5 Å². The fourth-order valence-corrected chi connectivity index (χ4v) is 0.923. The van der Waals surface area contributed by atoms with E-state index >= 15 is 0 Å². The number of hydrogen-bond donors (Lipinski definition) is 2. The molecular formula is C7H18N2O. The minimum Gasteiger partial charge on any atom is -0.395 e. The highest BCUT2D eigenvalue weighted by molar-refractivity contribution is 4.62. The smallest absolute Gasteiger partial charge is 0.0556 e. The molecule has 3 heteroatoms. The van der Waals surface area contributed by atoms with Crippen molar-refractivity contribution in [2.75, 3.05) is 33.8 Å². The Hall–Kier alpha value is -0.120. The second-order valence-corrected chi connectivity index (χ2v) is 2.84. The van der Waals surface area contributed by atoms with E-state index < -0.39 is 0 Å². The number of nitrogens with zero attached hydrogens (tertiary/aromatic N) is 1. The summed E-state index contributed by atoms with van der Waals surface area (Å²) in [6.07, 6.45) is 0. The maximum Gasteiger partial charge on any atom is 0.0556 e. The van der Waals surface area contributed by atoms with Crippen LogP contribution < -0.4 is 5.32 Å². The van der Waals surface area contributed by atoms with Crippen molar-refractivity contribution in [3.05, 3.63) is 0 Å². The average molecular weight is 146 g/mol. The van der Waals surface area contributed by atoms with Gasteiger partial charge in [0.2, 0.25) is 0 Å². The molecule has 0 radical (unpaired) electrons. The molecule has 0 saturated heterocycles. The van der Waals surface area contributed by atoms with Crippen molar-refractivity contribution >= 4 is 0 Å². The number of aliphatic hydroxyl groups is 1. The van der Waals surface area contributed by atoms with Crippen LogP contribution in [0, 0.1) is 0 Å². The quantitative estimate of drug-likeness (QED) is 0.550. The lowest BCUT2D eigenvalue weighted by molar-refractivity contribution is 0.274. The molecule has 0 bridgehead atoms. The SMILES string of the molecule is CC(CN(C)C)NCCO. The second-order valence-electron chi connectivity index (χ2n) is 2.84. The van der Waals surface area contributed by atoms with E-state index in [0.29, 0.717) is 12.6 Å². The first-order valence-electron chi connectivity index (χ1n) is 3.65. The Morgan fingerprint density at radius 1 is 1.50 bits per heavy atom. The van der Waals surface area contributed by atoms with Crippen molar-refractivity contribution in [1.29, 1.82) is 0 Å². The van der Waals surface area contributed by atoms with Crippen LogP contribution in [0.3, 0.4) is 0 Å². The highest BCUT2D eigenvalue weighted by Crippen LogP contribution is 1.82. The van der Waals surface area contributed by atoms with Crippen molar-refractivity contribution in [1.82, 2.24) is 10.2 Å². The Balaban J connectivity index is 3.16. The Labute approximate surface area is 63.0 Å². The number of nitrogens with one attached hydrogen (secondary N) is 1. The molecule has 0 saturated carbocycles. The second kappa shape index (κ2) is 5.65. The maximum absolute atomic E-state index is 8.47. The van der Waals surface area contributed by atoms with Gasteiger partial charge in [0.1, 0.15) is 0 Å². The van der Waals surface area contributed by atoms with Crippen LogP contribution >= 0.6 is 0 Å². The van der Waals surface area contributed by atoms with Gasteiger partial charge in [-0.15, -0.1) is 0 Å². The summed E-state index contributed by atoms with van der Waals surface area (Å²) in [4.78, 5) is 2.12. The van der Waals surface area contributed by atoms with Gasteiger partial charge in [0.05, 0.1) is 6.61 Å². The summed E-state index contributed by atoms with van der Waals surface area (Å²) >= 11 is 0. The lowest BCUT2D eigenvalue weighted by atomic mass is 10.3. The molecule has 2 N–H and O–H groups in total. The molecule has 0 aliphatic rings. The molecule has 10 heavy (non-hydrogen) atoms. The Morgan fingerprint density at radius 2 is 2.10 bits per heavy atom. The number of hydrogen-bond acceptors (Lipinski definition) is 3. The van der Waals surface area contributed by atoms with Crippen LogP contribution in [0.1, 0.15) is 6.92 Å². The minimum atomic E-state index is 0.220. The van der Waals surface area contributed by atoms with Crippen LogP contribution in [0.5, 0.6) is 0 Å². The van der Waals surface area contributed by atoms with E-state index in [1.807, 2.05) is 14.1 Å². The molecule has 1 unspecified atom stereocenters. The summed E-state index contributed by atoms with van der Waals surface area (Å²) in [7, 11) is 4.08. The average Bonchev–Trinajstić information content (AvgIpc) is 1.82. The van der Waals surface area contributed by atoms with Crippen molar-refractivity contribution in [3.8, 4) is 0 Å². The molecule has 0 aliphatic carbocycles. The monoisotopic (exact) mass is 146 g/mol. The summed E-state index contributed by atoms with van der Waals surface area (Å²) < 4.78 is 0. The van der Waals surface area contributed by atoms with Gasteiger partial charge in [0.15, 0.2) is 0 Å². The lowest BCUT2D eigenvalue weighted by Gasteiger charge is -2.17. The molecular weight excluding hydrogens is 128 g/mol. The fraction of sp³-hybridized carbons (Fsp3) is 1.00. The third-order valence-electron chi connectivity index (χ3n) is 1.24. The van der Waals surface area contributed by atoms with Crippen LogP contribution in [-0.4, -0.2) is 49.8 Å². The molecule has 0 aromatic rings. The third-order valence-corrected chi connectivity index (χ3v) is 1.24. The van der Waals surface area contributed by atoms with Gasteiger partial charge in [-0.3, -0.25) is 0 Å². The molecule has 0 amide bonds. The Bertz CT molecular complexity index is 76.0. The third kappa shape index (κ3) is 6.01. The van der Waals surface area contributed by atoms with E-state index in [0.717, 1.165) is 6.54 Å². The zero-order valence-corrected chi connectivity index (χ0v) is 7.09. The molecule has 0 aromatic heterocycles. The summed E-state index contributed by atoms with van der Waals surface area (Å²) in [6.45, 7) is 4.03. The molecule has 0 spiro atoms. The first-order chi connectivity index (χ1) is 4.66. The molecule has 3 nitrogen and oxygen atoms in total. The number of likely N-dealkylation sites (N-methyl/N-ethyl adjacent to an activating group) is 1. The Kier molecular flexibility index (Phi) is 5.58. The van der Waals surface area contributed by atoms with Crippen molar-refractivity contribution in [2.45, 2.75) is 13.0 Å². The summed E-state index contributed by atoms with van der Waals surface area (Å²) in [5.74, 6) is 0. The number of rotatable bonds is 5. The van der Waals surface area contributed by atoms with Gasteiger partial charge in [-0.1, -0.05) is 0 Å². The van der Waals surface area contributed by atoms with Crippen molar-refractivity contribution in [3.63, 3.8) is 0 Å². The molecule has 0 rings (SSSR count). The zero-order valence-electron chi connectivity index (χ0n) is 7.09. The van der Waals surface area contributed by atoms with Crippen LogP contribution in [0.25, 0.3) is 0 Å². The van der Waals surface area contributed by atoms with E-state index in [1.54, 1.807) is 0 Å². The van der Waals surface area contributed by atoms with Gasteiger partial charge < -0.3 is 15.3 Å². The molecule has 0 aromatic carbocycles. The van der Waals surface area contributed by atoms with Crippen LogP contribution in [0.2, 0.25) is 0 Å². The van der Waals surface area contributed by atoms with Gasteiger partial charge in [-0.05, 0) is 21.0 Å². The molecule has 0 aliphatic heterocycles. The minimum absolute atomic E-state index is 0.220. The van der Waals surface area contributed by atoms with Gasteiger partial charge in [0, 0.05) is 19.1 Å². The largest absolute Gasteiger partial charge is 0.395 e. The van der Waals surface area contributed by atoms with Crippen LogP contribution in [-0.2, 0) is 0 Å². The standard InChI is InChI=1S/C7H18N2O/c1-7(6-9(2)3)8-4-5-10/h7-8,10H,4-6H2,1-3H3. The molecule has 62 valence electrons. The van der Waals surface area contributed by atoms with E-state index in [1.165, 1.54) is 0 Å².